The number of fused-ring (bicyclic) bond motifs is 2. The molecule has 29 heavy (non-hydrogen) atoms. The summed E-state index contributed by atoms with van der Waals surface area (Å²) >= 11 is 0. The number of carbonyl (C=O) groups is 1. The Morgan fingerprint density at radius 3 is 2.86 bits per heavy atom. The number of rotatable bonds is 4. The van der Waals surface area contributed by atoms with E-state index in [0.29, 0.717) is 23.2 Å². The van der Waals surface area contributed by atoms with Crippen molar-refractivity contribution >= 4 is 22.8 Å². The Morgan fingerprint density at radius 2 is 2.07 bits per heavy atom. The van der Waals surface area contributed by atoms with Crippen LogP contribution in [0.4, 0.5) is 5.82 Å². The van der Waals surface area contributed by atoms with Crippen LogP contribution in [0.3, 0.4) is 0 Å². The zero-order valence-corrected chi connectivity index (χ0v) is 16.3. The maximum absolute atomic E-state index is 13.1. The molecule has 4 atom stereocenters. The molecule has 0 bridgehead atoms. The fourth-order valence-electron chi connectivity index (χ4n) is 4.74. The molecule has 3 aromatic rings. The Labute approximate surface area is 168 Å². The third-order valence-corrected chi connectivity index (χ3v) is 6.22. The number of likely N-dealkylation sites (tertiary alicyclic amines) is 1. The monoisotopic (exact) mass is 392 g/mol. The van der Waals surface area contributed by atoms with Crippen molar-refractivity contribution in [1.82, 2.24) is 25.1 Å². The summed E-state index contributed by atoms with van der Waals surface area (Å²) in [6.07, 6.45) is 5.49. The number of H-pyrrole nitrogens is 1. The molecule has 1 aliphatic heterocycles. The minimum absolute atomic E-state index is 0.0147. The molecule has 1 aliphatic carbocycles. The van der Waals surface area contributed by atoms with Crippen molar-refractivity contribution in [3.05, 3.63) is 48.4 Å². The number of carbonyl (C=O) groups excluding carboxylic acids is 1. The van der Waals surface area contributed by atoms with Gasteiger partial charge in [-0.1, -0.05) is 6.07 Å². The number of anilines is 1. The van der Waals surface area contributed by atoms with Crippen LogP contribution >= 0.6 is 0 Å². The maximum atomic E-state index is 13.1. The first-order valence-corrected chi connectivity index (χ1v) is 10.0. The summed E-state index contributed by atoms with van der Waals surface area (Å²) < 4.78 is 5.79. The first kappa shape index (κ1) is 18.1. The van der Waals surface area contributed by atoms with Crippen molar-refractivity contribution in [2.75, 3.05) is 25.5 Å². The van der Waals surface area contributed by atoms with Crippen LogP contribution < -0.4 is 5.32 Å². The van der Waals surface area contributed by atoms with Crippen molar-refractivity contribution in [2.24, 2.45) is 11.8 Å². The number of aromatic amines is 1. The summed E-state index contributed by atoms with van der Waals surface area (Å²) in [6, 6.07) is 9.71. The van der Waals surface area contributed by atoms with Gasteiger partial charge in [-0.05, 0) is 48.9 Å². The molecule has 0 radical (unpaired) electrons. The van der Waals surface area contributed by atoms with Gasteiger partial charge in [0.15, 0.2) is 5.65 Å². The third kappa shape index (κ3) is 3.44. The van der Waals surface area contributed by atoms with Crippen molar-refractivity contribution in [3.8, 4) is 0 Å². The Morgan fingerprint density at radius 1 is 1.21 bits per heavy atom. The van der Waals surface area contributed by atoms with Crippen LogP contribution in [0.5, 0.6) is 0 Å². The van der Waals surface area contributed by atoms with Crippen LogP contribution in [0.15, 0.2) is 42.7 Å². The van der Waals surface area contributed by atoms with E-state index in [4.69, 9.17) is 4.74 Å². The van der Waals surface area contributed by atoms with Crippen LogP contribution in [0.25, 0.3) is 11.0 Å². The predicted octanol–water partition coefficient (Wildman–Crippen LogP) is 2.33. The molecule has 2 fully saturated rings. The number of nitrogens with zero attached hydrogens (tertiary/aromatic N) is 4. The number of ether oxygens (including phenoxy) is 1. The number of amides is 1. The van der Waals surface area contributed by atoms with Gasteiger partial charge in [0.1, 0.15) is 11.5 Å². The second-order valence-electron chi connectivity index (χ2n) is 7.95. The molecule has 1 amide bonds. The zero-order valence-electron chi connectivity index (χ0n) is 16.3. The number of hydrogen-bond donors (Lipinski definition) is 2. The molecule has 5 rings (SSSR count). The quantitative estimate of drug-likeness (QED) is 0.707. The average molecular weight is 392 g/mol. The highest BCUT2D eigenvalue weighted by molar-refractivity contribution is 5.94. The van der Waals surface area contributed by atoms with Gasteiger partial charge in [-0.2, -0.15) is 5.10 Å². The number of pyridine rings is 2. The fourth-order valence-corrected chi connectivity index (χ4v) is 4.74. The van der Waals surface area contributed by atoms with Crippen LogP contribution in [0.2, 0.25) is 0 Å². The summed E-state index contributed by atoms with van der Waals surface area (Å²) in [6.45, 7) is 1.51. The lowest BCUT2D eigenvalue weighted by atomic mass is 9.77. The van der Waals surface area contributed by atoms with Crippen LogP contribution in [-0.2, 0) is 4.74 Å². The normalized spacial score (nSPS) is 26.4. The lowest BCUT2D eigenvalue weighted by Gasteiger charge is -2.37. The number of hydrogen-bond acceptors (Lipinski definition) is 6. The number of nitrogens with one attached hydrogen (secondary N) is 2. The minimum atomic E-state index is -0.0147. The van der Waals surface area contributed by atoms with E-state index in [1.807, 2.05) is 29.2 Å². The number of methoxy groups -OCH3 is 1. The van der Waals surface area contributed by atoms with Gasteiger partial charge in [-0.15, -0.1) is 0 Å². The third-order valence-electron chi connectivity index (χ3n) is 6.22. The summed E-state index contributed by atoms with van der Waals surface area (Å²) in [7, 11) is 1.76. The molecule has 8 heteroatoms. The van der Waals surface area contributed by atoms with Crippen molar-refractivity contribution < 1.29 is 9.53 Å². The van der Waals surface area contributed by atoms with E-state index in [1.165, 1.54) is 0 Å². The largest absolute Gasteiger partial charge is 0.379 e. The molecule has 150 valence electrons. The van der Waals surface area contributed by atoms with Gasteiger partial charge in [0.2, 0.25) is 0 Å². The van der Waals surface area contributed by atoms with Crippen molar-refractivity contribution in [3.63, 3.8) is 0 Å². The Bertz CT molecular complexity index is 1010. The van der Waals surface area contributed by atoms with E-state index in [9.17, 15) is 4.79 Å². The van der Waals surface area contributed by atoms with Gasteiger partial charge in [0, 0.05) is 31.8 Å². The molecular weight excluding hydrogens is 368 g/mol. The van der Waals surface area contributed by atoms with Gasteiger partial charge in [0.05, 0.1) is 18.3 Å². The topological polar surface area (TPSA) is 96.0 Å². The van der Waals surface area contributed by atoms with Crippen LogP contribution in [0.1, 0.15) is 23.3 Å². The van der Waals surface area contributed by atoms with Gasteiger partial charge in [0.25, 0.3) is 5.91 Å². The molecule has 0 aromatic carbocycles. The van der Waals surface area contributed by atoms with Gasteiger partial charge in [-0.25, -0.2) is 9.97 Å². The smallest absolute Gasteiger partial charge is 0.272 e. The molecule has 8 nitrogen and oxygen atoms in total. The van der Waals surface area contributed by atoms with E-state index >= 15 is 0 Å². The summed E-state index contributed by atoms with van der Waals surface area (Å²) in [5, 5.41) is 11.2. The van der Waals surface area contributed by atoms with E-state index in [2.05, 4.69) is 25.5 Å². The zero-order chi connectivity index (χ0) is 19.8. The summed E-state index contributed by atoms with van der Waals surface area (Å²) in [4.78, 5) is 23.8. The summed E-state index contributed by atoms with van der Waals surface area (Å²) in [5.41, 5.74) is 1.11. The van der Waals surface area contributed by atoms with Crippen LogP contribution in [-0.4, -0.2) is 63.3 Å². The lowest BCUT2D eigenvalue weighted by molar-refractivity contribution is 0.0304. The second kappa shape index (κ2) is 7.44. The first-order valence-electron chi connectivity index (χ1n) is 10.0. The predicted molar refractivity (Wildman–Crippen MR) is 108 cm³/mol. The molecule has 0 unspecified atom stereocenters. The number of aromatic nitrogens is 4. The van der Waals surface area contributed by atoms with Crippen molar-refractivity contribution in [2.45, 2.75) is 25.0 Å². The second-order valence-corrected chi connectivity index (χ2v) is 7.95. The van der Waals surface area contributed by atoms with Crippen LogP contribution in [0, 0.1) is 11.8 Å². The minimum Gasteiger partial charge on any atom is -0.379 e. The SMILES string of the molecule is CO[C@@H]1C[C@H]2CN(C(=O)c3ccc4cn[nH]c4n3)C[C@H]2C[C@H]1Nc1ccccn1. The van der Waals surface area contributed by atoms with E-state index in [-0.39, 0.29) is 18.1 Å². The highest BCUT2D eigenvalue weighted by Crippen LogP contribution is 2.38. The molecule has 3 aromatic heterocycles. The van der Waals surface area contributed by atoms with Gasteiger partial charge in [-0.3, -0.25) is 9.89 Å². The fraction of sp³-hybridized carbons (Fsp3) is 0.429. The standard InChI is InChI=1S/C21H24N6O2/c1-29-18-9-15-12-27(21(28)16-6-5-13-10-23-26-20(13)25-16)11-14(15)8-17(18)24-19-4-2-3-7-22-19/h2-7,10,14-15,17-18H,8-9,11-12H2,1H3,(H,22,24)(H,23,25,26)/t14-,15+,17-,18-/m1/s1. The molecule has 2 aliphatic rings. The average Bonchev–Trinajstić information content (AvgIpc) is 3.39. The first-order chi connectivity index (χ1) is 14.2. The van der Waals surface area contributed by atoms with Gasteiger partial charge >= 0.3 is 0 Å². The lowest BCUT2D eigenvalue weighted by Crippen LogP contribution is -2.44. The molecule has 0 spiro atoms. The highest BCUT2D eigenvalue weighted by Gasteiger charge is 2.44. The molecule has 4 heterocycles. The van der Waals surface area contributed by atoms with E-state index < -0.39 is 0 Å². The Hall–Kier alpha value is -3.00. The summed E-state index contributed by atoms with van der Waals surface area (Å²) in [5.74, 6) is 1.74. The Kier molecular flexibility index (Phi) is 4.63. The molecule has 2 N–H and O–H groups in total. The van der Waals surface area contributed by atoms with Gasteiger partial charge < -0.3 is 15.0 Å². The van der Waals surface area contributed by atoms with E-state index in [1.54, 1.807) is 25.6 Å². The maximum Gasteiger partial charge on any atom is 0.272 e. The Balaban J connectivity index is 1.30. The molecule has 1 saturated carbocycles. The molecular formula is C21H24N6O2. The van der Waals surface area contributed by atoms with Crippen molar-refractivity contribution in [1.29, 1.82) is 0 Å². The highest BCUT2D eigenvalue weighted by atomic mass is 16.5. The molecule has 1 saturated heterocycles. The van der Waals surface area contributed by atoms with E-state index in [0.717, 1.165) is 37.1 Å².